The van der Waals surface area contributed by atoms with Gasteiger partial charge in [-0.15, -0.1) is 10.2 Å². The second-order valence-corrected chi connectivity index (χ2v) is 12.0. The van der Waals surface area contributed by atoms with Crippen LogP contribution in [-0.2, 0) is 19.7 Å². The number of aliphatic carboxylic acids is 1. The Labute approximate surface area is 284 Å². The van der Waals surface area contributed by atoms with Gasteiger partial charge in [0.1, 0.15) is 16.9 Å². The molecule has 0 radical (unpaired) electrons. The highest BCUT2D eigenvalue weighted by atomic mass is 32.2. The molecule has 4 aromatic rings. The van der Waals surface area contributed by atoms with Gasteiger partial charge in [0.25, 0.3) is 16.0 Å². The van der Waals surface area contributed by atoms with Crippen LogP contribution in [0.15, 0.2) is 133 Å². The van der Waals surface area contributed by atoms with Gasteiger partial charge in [-0.25, -0.2) is 4.79 Å². The maximum atomic E-state index is 12.8. The zero-order valence-corrected chi connectivity index (χ0v) is 26.8. The predicted molar refractivity (Wildman–Crippen MR) is 186 cm³/mol. The number of anilines is 4. The molecule has 8 N–H and O–H groups in total. The molecule has 4 aromatic carbocycles. The van der Waals surface area contributed by atoms with Crippen molar-refractivity contribution in [3.05, 3.63) is 114 Å². The van der Waals surface area contributed by atoms with Crippen molar-refractivity contribution < 1.29 is 32.5 Å². The third kappa shape index (κ3) is 8.35. The van der Waals surface area contributed by atoms with Gasteiger partial charge in [0.2, 0.25) is 0 Å². The molecule has 16 nitrogen and oxygen atoms in total. The first-order chi connectivity index (χ1) is 23.8. The number of carbonyl (C=O) groups is 3. The molecule has 1 aliphatic rings. The highest BCUT2D eigenvalue weighted by Crippen LogP contribution is 2.41. The number of nitrogens with one attached hydrogen (secondary N) is 2. The molecule has 252 valence electrons. The maximum Gasteiger partial charge on any atom is 0.339 e. The van der Waals surface area contributed by atoms with Crippen molar-refractivity contribution in [2.75, 3.05) is 22.2 Å². The van der Waals surface area contributed by atoms with Gasteiger partial charge in [0.15, 0.2) is 5.78 Å². The normalized spacial score (nSPS) is 13.9. The van der Waals surface area contributed by atoms with Crippen LogP contribution in [0.5, 0.6) is 0 Å². The molecule has 0 spiro atoms. The molecule has 1 aliphatic carbocycles. The first-order valence-corrected chi connectivity index (χ1v) is 15.8. The van der Waals surface area contributed by atoms with Gasteiger partial charge in [-0.05, 0) is 110 Å². The van der Waals surface area contributed by atoms with E-state index in [4.69, 9.17) is 21.1 Å². The lowest BCUT2D eigenvalue weighted by Crippen LogP contribution is -2.16. The Hall–Kier alpha value is -6.85. The van der Waals surface area contributed by atoms with Crippen LogP contribution in [0, 0.1) is 6.92 Å². The van der Waals surface area contributed by atoms with Crippen LogP contribution < -0.4 is 22.2 Å². The number of carbonyl (C=O) groups excluding carboxylic acids is 2. The first-order valence-electron chi connectivity index (χ1n) is 14.4. The lowest BCUT2D eigenvalue weighted by molar-refractivity contribution is -0.134. The summed E-state index contributed by atoms with van der Waals surface area (Å²) < 4.78 is 31.6. The predicted octanol–water partition coefficient (Wildman–Crippen LogP) is 6.41. The molecule has 0 bridgehead atoms. The molecule has 0 saturated carbocycles. The number of azo groups is 2. The fraction of sp³-hybridized carbons (Fsp3) is 0.0303. The van der Waals surface area contributed by atoms with Gasteiger partial charge in [-0.2, -0.15) is 23.7 Å². The Morgan fingerprint density at radius 3 is 2.00 bits per heavy atom. The number of ketones is 1. The molecule has 5 rings (SSSR count). The number of rotatable bonds is 10. The van der Waals surface area contributed by atoms with Crippen molar-refractivity contribution in [2.45, 2.75) is 11.8 Å². The number of hydrogen-bond acceptors (Lipinski definition) is 13. The molecular weight excluding hydrogens is 666 g/mol. The molecule has 1 amide bonds. The summed E-state index contributed by atoms with van der Waals surface area (Å²) in [6.45, 7) is 1.73. The molecule has 0 aromatic heterocycles. The number of nitrogens with two attached hydrogens (primary N) is 2. The summed E-state index contributed by atoms with van der Waals surface area (Å²) in [5.74, 6) is -2.34. The standard InChI is InChI=1S/C33H27N9O7S/c1-18-16-27(41-38-23-10-13-25(14-11-23)50(47,48)49)30(35)31(29(18)34)42-39-22-8-6-20(7-9-22)36-32(44)19-2-4-21(5-3-19)37-40-24-12-15-28(43)26(17-24)33(45)46/h2-17,37H,34-35H2,1H3,(H,36,44)(H,45,46)(H,47,48,49). The van der Waals surface area contributed by atoms with E-state index in [1.54, 1.807) is 61.5 Å². The van der Waals surface area contributed by atoms with Crippen molar-refractivity contribution in [3.63, 3.8) is 0 Å². The quantitative estimate of drug-likeness (QED) is 0.0265. The fourth-order valence-corrected chi connectivity index (χ4v) is 4.78. The average molecular weight is 694 g/mol. The lowest BCUT2D eigenvalue weighted by Gasteiger charge is -2.09. The van der Waals surface area contributed by atoms with E-state index in [0.717, 1.165) is 12.2 Å². The smallest absolute Gasteiger partial charge is 0.339 e. The Morgan fingerprint density at radius 1 is 0.780 bits per heavy atom. The fourth-order valence-electron chi connectivity index (χ4n) is 4.30. The minimum Gasteiger partial charge on any atom is -0.478 e. The highest BCUT2D eigenvalue weighted by Gasteiger charge is 2.19. The number of allylic oxidation sites excluding steroid dienone is 3. The summed E-state index contributed by atoms with van der Waals surface area (Å²) in [7, 11) is -4.34. The van der Waals surface area contributed by atoms with Crippen molar-refractivity contribution in [1.82, 2.24) is 0 Å². The summed E-state index contributed by atoms with van der Waals surface area (Å²) >= 11 is 0. The minimum atomic E-state index is -4.34. The van der Waals surface area contributed by atoms with Crippen molar-refractivity contribution >= 4 is 79.0 Å². The molecule has 0 atom stereocenters. The van der Waals surface area contributed by atoms with Gasteiger partial charge in [-0.1, -0.05) is 0 Å². The second-order valence-electron chi connectivity index (χ2n) is 10.5. The number of amides is 1. The van der Waals surface area contributed by atoms with Crippen LogP contribution in [0.3, 0.4) is 0 Å². The van der Waals surface area contributed by atoms with Crippen molar-refractivity contribution in [3.8, 4) is 0 Å². The van der Waals surface area contributed by atoms with E-state index in [2.05, 4.69) is 36.3 Å². The second kappa shape index (κ2) is 14.5. The Morgan fingerprint density at radius 2 is 1.38 bits per heavy atom. The van der Waals surface area contributed by atoms with E-state index in [0.29, 0.717) is 33.9 Å². The number of carboxylic acid groups (broad SMARTS) is 1. The molecule has 0 aliphatic heterocycles. The van der Waals surface area contributed by atoms with E-state index in [1.165, 1.54) is 30.3 Å². The molecule has 0 saturated heterocycles. The van der Waals surface area contributed by atoms with Gasteiger partial charge < -0.3 is 21.9 Å². The number of hydrogen-bond donors (Lipinski definition) is 6. The number of nitrogens with zero attached hydrogens (tertiary/aromatic N) is 5. The molecule has 0 heterocycles. The molecular formula is C33H27N9O7S. The van der Waals surface area contributed by atoms with E-state index in [-0.39, 0.29) is 44.8 Å². The number of hydrazone groups is 1. The van der Waals surface area contributed by atoms with E-state index in [9.17, 15) is 22.8 Å². The molecule has 0 fully saturated rings. The van der Waals surface area contributed by atoms with E-state index < -0.39 is 21.9 Å². The molecule has 17 heteroatoms. The molecule has 50 heavy (non-hydrogen) atoms. The summed E-state index contributed by atoms with van der Waals surface area (Å²) in [5, 5.41) is 32.6. The lowest BCUT2D eigenvalue weighted by atomic mass is 10.0. The Bertz CT molecular complexity index is 2260. The number of nitrogen functional groups attached to an aromatic ring is 2. The largest absolute Gasteiger partial charge is 0.478 e. The SMILES string of the molecule is Cc1cc(N=Nc2ccc(S(=O)(=O)O)cc2)c(N)c(N=Nc2ccc(NC(=O)c3ccc(NN=C4C=CC(=O)C(C(=O)O)=C4)cc3)cc2)c1N. The summed E-state index contributed by atoms with van der Waals surface area (Å²) in [4.78, 5) is 35.3. The number of aryl methyl sites for hydroxylation is 1. The van der Waals surface area contributed by atoms with Gasteiger partial charge in [0.05, 0.1) is 39.0 Å². The topological polar surface area (TPSA) is 264 Å². The van der Waals surface area contributed by atoms with E-state index >= 15 is 0 Å². The first kappa shape index (κ1) is 34.5. The maximum absolute atomic E-state index is 12.8. The third-order valence-electron chi connectivity index (χ3n) is 7.02. The van der Waals surface area contributed by atoms with Crippen LogP contribution in [0.25, 0.3) is 0 Å². The minimum absolute atomic E-state index is 0.110. The van der Waals surface area contributed by atoms with Gasteiger partial charge >= 0.3 is 5.97 Å². The monoisotopic (exact) mass is 693 g/mol. The van der Waals surface area contributed by atoms with Gasteiger partial charge in [-0.3, -0.25) is 19.6 Å². The number of benzene rings is 4. The van der Waals surface area contributed by atoms with Crippen molar-refractivity contribution in [1.29, 1.82) is 0 Å². The summed E-state index contributed by atoms with van der Waals surface area (Å²) in [6, 6.07) is 19.6. The Kier molecular flexibility index (Phi) is 10.0. The van der Waals surface area contributed by atoms with E-state index in [1.807, 2.05) is 0 Å². The molecule has 0 unspecified atom stereocenters. The highest BCUT2D eigenvalue weighted by molar-refractivity contribution is 7.85. The third-order valence-corrected chi connectivity index (χ3v) is 7.89. The Balaban J connectivity index is 1.22. The zero-order chi connectivity index (χ0) is 36.0. The average Bonchev–Trinajstić information content (AvgIpc) is 3.09. The zero-order valence-electron chi connectivity index (χ0n) is 26.0. The number of carboxylic acids is 1. The van der Waals surface area contributed by atoms with Crippen molar-refractivity contribution in [2.24, 2.45) is 25.6 Å². The van der Waals surface area contributed by atoms with Crippen LogP contribution >= 0.6 is 0 Å². The van der Waals surface area contributed by atoms with Crippen LogP contribution in [-0.4, -0.2) is 41.4 Å². The summed E-state index contributed by atoms with van der Waals surface area (Å²) in [5.41, 5.74) is 18.7. The summed E-state index contributed by atoms with van der Waals surface area (Å²) in [6.07, 6.45) is 3.67. The van der Waals surface area contributed by atoms with Crippen LogP contribution in [0.2, 0.25) is 0 Å². The van der Waals surface area contributed by atoms with Crippen LogP contribution in [0.1, 0.15) is 15.9 Å². The van der Waals surface area contributed by atoms with Crippen LogP contribution in [0.4, 0.5) is 45.5 Å². The van der Waals surface area contributed by atoms with Gasteiger partial charge in [0, 0.05) is 11.3 Å².